The van der Waals surface area contributed by atoms with Gasteiger partial charge in [-0.2, -0.15) is 0 Å². The Labute approximate surface area is 109 Å². The van der Waals surface area contributed by atoms with Gasteiger partial charge < -0.3 is 9.64 Å². The molecule has 3 nitrogen and oxygen atoms in total. The molecule has 1 aromatic carbocycles. The van der Waals surface area contributed by atoms with Crippen LogP contribution >= 0.6 is 15.9 Å². The van der Waals surface area contributed by atoms with Gasteiger partial charge in [0.25, 0.3) is 0 Å². The molecule has 0 atom stereocenters. The molecule has 0 N–H and O–H groups in total. The van der Waals surface area contributed by atoms with Crippen LogP contribution in [0.25, 0.3) is 0 Å². The second-order valence-corrected chi connectivity index (χ2v) is 4.67. The lowest BCUT2D eigenvalue weighted by Crippen LogP contribution is -2.21. The minimum absolute atomic E-state index is 0.225. The van der Waals surface area contributed by atoms with Crippen molar-refractivity contribution in [3.05, 3.63) is 34.1 Å². The Hall–Kier alpha value is -0.940. The fraction of sp³-hybridized carbons (Fsp3) is 0.417. The summed E-state index contributed by atoms with van der Waals surface area (Å²) in [5.41, 5.74) is 0.991. The van der Waals surface area contributed by atoms with E-state index in [1.165, 1.54) is 13.2 Å². The maximum atomic E-state index is 13.0. The molecule has 1 rings (SSSR count). The van der Waals surface area contributed by atoms with Gasteiger partial charge in [0.2, 0.25) is 0 Å². The lowest BCUT2D eigenvalue weighted by atomic mass is 10.2. The number of benzene rings is 1. The molecule has 94 valence electrons. The van der Waals surface area contributed by atoms with Gasteiger partial charge in [0.05, 0.1) is 18.0 Å². The number of hydrogen-bond acceptors (Lipinski definition) is 3. The number of hydrogen-bond donors (Lipinski definition) is 0. The number of esters is 1. The highest BCUT2D eigenvalue weighted by molar-refractivity contribution is 9.10. The largest absolute Gasteiger partial charge is 0.469 e. The Morgan fingerprint density at radius 3 is 2.82 bits per heavy atom. The zero-order chi connectivity index (χ0) is 12.8. The smallest absolute Gasteiger partial charge is 0.306 e. The Balaban J connectivity index is 2.47. The summed E-state index contributed by atoms with van der Waals surface area (Å²) in [6.45, 7) is 1.28. The third-order valence-corrected chi connectivity index (χ3v) is 2.97. The Morgan fingerprint density at radius 2 is 2.24 bits per heavy atom. The first kappa shape index (κ1) is 14.1. The molecule has 0 aliphatic rings. The van der Waals surface area contributed by atoms with E-state index in [-0.39, 0.29) is 11.8 Å². The van der Waals surface area contributed by atoms with Gasteiger partial charge >= 0.3 is 5.97 Å². The van der Waals surface area contributed by atoms with E-state index in [0.29, 0.717) is 24.0 Å². The summed E-state index contributed by atoms with van der Waals surface area (Å²) in [5, 5.41) is 0. The Morgan fingerprint density at radius 1 is 1.53 bits per heavy atom. The average Bonchev–Trinajstić information content (AvgIpc) is 2.31. The van der Waals surface area contributed by atoms with Crippen molar-refractivity contribution in [1.29, 1.82) is 0 Å². The van der Waals surface area contributed by atoms with E-state index in [1.807, 2.05) is 11.9 Å². The van der Waals surface area contributed by atoms with Crippen molar-refractivity contribution in [3.63, 3.8) is 0 Å². The highest BCUT2D eigenvalue weighted by Crippen LogP contribution is 2.17. The molecule has 0 aromatic heterocycles. The molecule has 0 bridgehead atoms. The van der Waals surface area contributed by atoms with Gasteiger partial charge in [0, 0.05) is 13.1 Å². The molecule has 5 heteroatoms. The van der Waals surface area contributed by atoms with Gasteiger partial charge in [-0.15, -0.1) is 0 Å². The number of nitrogens with zero attached hydrogens (tertiary/aromatic N) is 1. The summed E-state index contributed by atoms with van der Waals surface area (Å²) in [5.74, 6) is -0.497. The van der Waals surface area contributed by atoms with Crippen molar-refractivity contribution in [2.75, 3.05) is 20.7 Å². The van der Waals surface area contributed by atoms with Crippen LogP contribution in [0.4, 0.5) is 4.39 Å². The van der Waals surface area contributed by atoms with Crippen LogP contribution < -0.4 is 0 Å². The van der Waals surface area contributed by atoms with E-state index >= 15 is 0 Å². The van der Waals surface area contributed by atoms with Crippen LogP contribution in [0.3, 0.4) is 0 Å². The lowest BCUT2D eigenvalue weighted by molar-refractivity contribution is -0.140. The van der Waals surface area contributed by atoms with E-state index < -0.39 is 0 Å². The topological polar surface area (TPSA) is 29.5 Å². The number of ether oxygens (including phenoxy) is 1. The van der Waals surface area contributed by atoms with Crippen LogP contribution in [0.1, 0.15) is 12.0 Å². The van der Waals surface area contributed by atoms with E-state index in [0.717, 1.165) is 5.56 Å². The molecule has 0 unspecified atom stereocenters. The lowest BCUT2D eigenvalue weighted by Gasteiger charge is -2.16. The second kappa shape index (κ2) is 6.71. The van der Waals surface area contributed by atoms with Crippen LogP contribution in [-0.4, -0.2) is 31.6 Å². The van der Waals surface area contributed by atoms with Crippen molar-refractivity contribution in [3.8, 4) is 0 Å². The summed E-state index contributed by atoms with van der Waals surface area (Å²) < 4.78 is 18.0. The van der Waals surface area contributed by atoms with Crippen LogP contribution in [-0.2, 0) is 16.1 Å². The van der Waals surface area contributed by atoms with Crippen LogP contribution in [0.2, 0.25) is 0 Å². The van der Waals surface area contributed by atoms with E-state index in [9.17, 15) is 9.18 Å². The summed E-state index contributed by atoms with van der Waals surface area (Å²) in [6, 6.07) is 4.90. The maximum absolute atomic E-state index is 13.0. The monoisotopic (exact) mass is 303 g/mol. The summed E-state index contributed by atoms with van der Waals surface area (Å²) in [6.07, 6.45) is 0.357. The van der Waals surface area contributed by atoms with E-state index in [1.54, 1.807) is 12.1 Å². The van der Waals surface area contributed by atoms with Gasteiger partial charge in [-0.05, 0) is 40.7 Å². The van der Waals surface area contributed by atoms with Crippen molar-refractivity contribution in [1.82, 2.24) is 4.90 Å². The zero-order valence-corrected chi connectivity index (χ0v) is 11.5. The molecular weight excluding hydrogens is 289 g/mol. The molecule has 0 radical (unpaired) electrons. The molecule has 0 amide bonds. The molecule has 0 aliphatic carbocycles. The average molecular weight is 304 g/mol. The first-order valence-electron chi connectivity index (χ1n) is 5.22. The third-order valence-electron chi connectivity index (χ3n) is 2.36. The number of carbonyl (C=O) groups excluding carboxylic acids is 1. The first-order valence-corrected chi connectivity index (χ1v) is 6.01. The quantitative estimate of drug-likeness (QED) is 0.783. The van der Waals surface area contributed by atoms with Crippen molar-refractivity contribution < 1.29 is 13.9 Å². The highest BCUT2D eigenvalue weighted by atomic mass is 79.9. The Bertz CT molecular complexity index is 398. The fourth-order valence-electron chi connectivity index (χ4n) is 1.41. The summed E-state index contributed by atoms with van der Waals surface area (Å²) >= 11 is 3.14. The molecule has 1 aromatic rings. The number of methoxy groups -OCH3 is 1. The first-order chi connectivity index (χ1) is 8.02. The van der Waals surface area contributed by atoms with Crippen LogP contribution in [0, 0.1) is 5.82 Å². The van der Waals surface area contributed by atoms with Gasteiger partial charge in [0.15, 0.2) is 0 Å². The Kier molecular flexibility index (Phi) is 5.58. The van der Waals surface area contributed by atoms with Crippen molar-refractivity contribution in [2.45, 2.75) is 13.0 Å². The third kappa shape index (κ3) is 4.83. The van der Waals surface area contributed by atoms with Crippen molar-refractivity contribution in [2.24, 2.45) is 0 Å². The molecule has 0 saturated heterocycles. The van der Waals surface area contributed by atoms with E-state index in [2.05, 4.69) is 20.7 Å². The number of carbonyl (C=O) groups is 1. The second-order valence-electron chi connectivity index (χ2n) is 3.81. The number of halogens is 2. The van der Waals surface area contributed by atoms with Crippen LogP contribution in [0.5, 0.6) is 0 Å². The molecule has 0 fully saturated rings. The number of rotatable bonds is 5. The molecule has 0 spiro atoms. The highest BCUT2D eigenvalue weighted by Gasteiger charge is 2.06. The summed E-state index contributed by atoms with van der Waals surface area (Å²) in [7, 11) is 3.28. The maximum Gasteiger partial charge on any atom is 0.306 e. The van der Waals surface area contributed by atoms with Gasteiger partial charge in [-0.3, -0.25) is 4.79 Å². The summed E-state index contributed by atoms with van der Waals surface area (Å²) in [4.78, 5) is 12.9. The molecule has 0 aliphatic heterocycles. The molecule has 17 heavy (non-hydrogen) atoms. The minimum Gasteiger partial charge on any atom is -0.469 e. The molecular formula is C12H15BrFNO2. The predicted octanol–water partition coefficient (Wildman–Crippen LogP) is 2.58. The van der Waals surface area contributed by atoms with E-state index in [4.69, 9.17) is 0 Å². The van der Waals surface area contributed by atoms with Gasteiger partial charge in [-0.25, -0.2) is 4.39 Å². The molecule has 0 saturated carbocycles. The minimum atomic E-state index is -0.272. The fourth-order valence-corrected chi connectivity index (χ4v) is 1.84. The predicted molar refractivity (Wildman–Crippen MR) is 67.1 cm³/mol. The molecule has 0 heterocycles. The SMILES string of the molecule is COC(=O)CCN(C)Cc1ccc(F)c(Br)c1. The van der Waals surface area contributed by atoms with Gasteiger partial charge in [-0.1, -0.05) is 6.07 Å². The normalized spacial score (nSPS) is 10.6. The van der Waals surface area contributed by atoms with Gasteiger partial charge in [0.1, 0.15) is 5.82 Å². The zero-order valence-electron chi connectivity index (χ0n) is 9.87. The van der Waals surface area contributed by atoms with Crippen molar-refractivity contribution >= 4 is 21.9 Å². The standard InChI is InChI=1S/C12H15BrFNO2/c1-15(6-5-12(16)17-2)8-9-3-4-11(14)10(13)7-9/h3-4,7H,5-6,8H2,1-2H3. The van der Waals surface area contributed by atoms with Crippen LogP contribution in [0.15, 0.2) is 22.7 Å².